The van der Waals surface area contributed by atoms with Crippen LogP contribution in [0.3, 0.4) is 0 Å². The first-order chi connectivity index (χ1) is 12.3. The number of hydrogen-bond donors (Lipinski definition) is 0. The Kier molecular flexibility index (Phi) is 7.11. The molecule has 26 heavy (non-hydrogen) atoms. The maximum atomic E-state index is 12.3. The minimum atomic E-state index is -0.620. The summed E-state index contributed by atoms with van der Waals surface area (Å²) in [7, 11) is 0. The van der Waals surface area contributed by atoms with E-state index in [0.29, 0.717) is 16.3 Å². The van der Waals surface area contributed by atoms with E-state index in [9.17, 15) is 14.4 Å². The van der Waals surface area contributed by atoms with Crippen LogP contribution in [-0.2, 0) is 14.3 Å². The van der Waals surface area contributed by atoms with Crippen LogP contribution in [0.2, 0.25) is 5.02 Å². The zero-order valence-electron chi connectivity index (χ0n) is 14.8. The molecule has 0 radical (unpaired) electrons. The number of nitrogens with zero attached hydrogens (tertiary/aromatic N) is 1. The monoisotopic (exact) mass is 397 g/mol. The molecule has 2 amide bonds. The summed E-state index contributed by atoms with van der Waals surface area (Å²) in [5.74, 6) is -0.580. The van der Waals surface area contributed by atoms with Crippen molar-refractivity contribution < 1.29 is 23.9 Å². The van der Waals surface area contributed by atoms with Crippen molar-refractivity contribution in [2.24, 2.45) is 0 Å². The van der Waals surface area contributed by atoms with Crippen LogP contribution < -0.4 is 4.74 Å². The molecule has 1 aliphatic heterocycles. The molecule has 1 atom stereocenters. The van der Waals surface area contributed by atoms with Gasteiger partial charge < -0.3 is 9.47 Å². The third-order valence-electron chi connectivity index (χ3n) is 3.62. The zero-order valence-corrected chi connectivity index (χ0v) is 16.4. The lowest BCUT2D eigenvalue weighted by Gasteiger charge is -2.14. The third-order valence-corrected chi connectivity index (χ3v) is 4.83. The average Bonchev–Trinajstić information content (AvgIpc) is 2.85. The second kappa shape index (κ2) is 9.09. The van der Waals surface area contributed by atoms with Crippen LogP contribution in [0.5, 0.6) is 5.75 Å². The molecule has 0 N–H and O–H groups in total. The molecule has 1 aromatic carbocycles. The van der Waals surface area contributed by atoms with Crippen LogP contribution in [0.4, 0.5) is 4.79 Å². The summed E-state index contributed by atoms with van der Waals surface area (Å²) in [6.45, 7) is 5.42. The lowest BCUT2D eigenvalue weighted by Crippen LogP contribution is -2.34. The number of halogens is 1. The fraction of sp³-hybridized carbons (Fsp3) is 0.389. The maximum absolute atomic E-state index is 12.3. The molecule has 8 heteroatoms. The van der Waals surface area contributed by atoms with Crippen molar-refractivity contribution in [1.82, 2.24) is 4.90 Å². The third kappa shape index (κ3) is 5.02. The number of carbonyl (C=O) groups is 3. The number of rotatable bonds is 7. The Morgan fingerprint density at radius 1 is 1.35 bits per heavy atom. The summed E-state index contributed by atoms with van der Waals surface area (Å²) < 4.78 is 10.5. The number of amides is 2. The Balaban J connectivity index is 2.14. The Bertz CT molecular complexity index is 749. The van der Waals surface area contributed by atoms with E-state index >= 15 is 0 Å². The molecule has 2 rings (SSSR count). The van der Waals surface area contributed by atoms with Gasteiger partial charge in [-0.15, -0.1) is 0 Å². The maximum Gasteiger partial charge on any atom is 0.326 e. The van der Waals surface area contributed by atoms with Crippen LogP contribution in [0, 0.1) is 0 Å². The Morgan fingerprint density at radius 2 is 2.08 bits per heavy atom. The first kappa shape index (κ1) is 20.3. The number of hydrogen-bond acceptors (Lipinski definition) is 6. The van der Waals surface area contributed by atoms with Crippen LogP contribution in [0.15, 0.2) is 23.1 Å². The van der Waals surface area contributed by atoms with Gasteiger partial charge in [0.05, 0.1) is 22.6 Å². The van der Waals surface area contributed by atoms with Crippen molar-refractivity contribution >= 4 is 46.6 Å². The predicted octanol–water partition coefficient (Wildman–Crippen LogP) is 4.12. The van der Waals surface area contributed by atoms with Gasteiger partial charge >= 0.3 is 5.97 Å². The highest BCUT2D eigenvalue weighted by Gasteiger charge is 2.36. The van der Waals surface area contributed by atoms with E-state index in [1.165, 1.54) is 0 Å². The van der Waals surface area contributed by atoms with Crippen molar-refractivity contribution in [1.29, 1.82) is 0 Å². The molecule has 1 saturated heterocycles. The summed E-state index contributed by atoms with van der Waals surface area (Å²) in [5, 5.41) is -0.0815. The highest BCUT2D eigenvalue weighted by molar-refractivity contribution is 8.18. The van der Waals surface area contributed by atoms with E-state index in [1.54, 1.807) is 31.2 Å². The number of esters is 1. The van der Waals surface area contributed by atoms with Crippen LogP contribution in [0.25, 0.3) is 6.08 Å². The summed E-state index contributed by atoms with van der Waals surface area (Å²) in [6, 6.07) is 5.14. The number of imide groups is 1. The first-order valence-corrected chi connectivity index (χ1v) is 9.42. The second-order valence-electron chi connectivity index (χ2n) is 5.60. The van der Waals surface area contributed by atoms with E-state index in [4.69, 9.17) is 21.1 Å². The van der Waals surface area contributed by atoms with Crippen LogP contribution in [0.1, 0.15) is 32.8 Å². The van der Waals surface area contributed by atoms with Gasteiger partial charge in [-0.05, 0) is 55.8 Å². The largest absolute Gasteiger partial charge is 0.489 e. The van der Waals surface area contributed by atoms with Gasteiger partial charge in [0, 0.05) is 0 Å². The van der Waals surface area contributed by atoms with Gasteiger partial charge in [-0.25, -0.2) is 0 Å². The van der Waals surface area contributed by atoms with E-state index in [-0.39, 0.29) is 17.6 Å². The molecular formula is C18H20ClNO5S. The van der Waals surface area contributed by atoms with E-state index in [0.717, 1.165) is 23.1 Å². The first-order valence-electron chi connectivity index (χ1n) is 8.22. The van der Waals surface area contributed by atoms with Crippen LogP contribution >= 0.6 is 23.4 Å². The highest BCUT2D eigenvalue weighted by Crippen LogP contribution is 2.34. The smallest absolute Gasteiger partial charge is 0.326 e. The molecule has 1 aliphatic rings. The summed E-state index contributed by atoms with van der Waals surface area (Å²) in [4.78, 5) is 36.9. The summed E-state index contributed by atoms with van der Waals surface area (Å²) in [5.41, 5.74) is 0.660. The lowest BCUT2D eigenvalue weighted by molar-refractivity contribution is -0.145. The fourth-order valence-corrected chi connectivity index (χ4v) is 3.20. The van der Waals surface area contributed by atoms with Gasteiger partial charge in [-0.2, -0.15) is 0 Å². The standard InChI is InChI=1S/C18H20ClNO5S/c1-4-11(3)25-14-7-6-12(8-13(14)19)9-15-17(22)20(18(23)26-15)10-16(21)24-5-2/h6-9,11H,4-5,10H2,1-3H3/b15-9+/t11-/m0/s1. The van der Waals surface area contributed by atoms with Crippen molar-refractivity contribution in [3.63, 3.8) is 0 Å². The quantitative estimate of drug-likeness (QED) is 0.509. The van der Waals surface area contributed by atoms with Gasteiger partial charge in [0.15, 0.2) is 0 Å². The SMILES string of the molecule is CCOC(=O)CN1C(=O)S/C(=C/c2ccc(O[C@@H](C)CC)c(Cl)c2)C1=O. The van der Waals surface area contributed by atoms with Crippen molar-refractivity contribution in [3.05, 3.63) is 33.7 Å². The van der Waals surface area contributed by atoms with Gasteiger partial charge in [-0.1, -0.05) is 24.6 Å². The Morgan fingerprint density at radius 3 is 2.69 bits per heavy atom. The fourth-order valence-electron chi connectivity index (χ4n) is 2.13. The summed E-state index contributed by atoms with van der Waals surface area (Å²) >= 11 is 7.01. The van der Waals surface area contributed by atoms with Crippen LogP contribution in [-0.4, -0.2) is 41.3 Å². The normalized spacial score (nSPS) is 16.9. The number of thioether (sulfide) groups is 1. The van der Waals surface area contributed by atoms with Gasteiger partial charge in [0.1, 0.15) is 12.3 Å². The number of ether oxygens (including phenoxy) is 2. The van der Waals surface area contributed by atoms with E-state index < -0.39 is 23.7 Å². The molecule has 0 aliphatic carbocycles. The highest BCUT2D eigenvalue weighted by atomic mass is 35.5. The molecule has 140 valence electrons. The molecule has 1 fully saturated rings. The molecule has 0 aromatic heterocycles. The van der Waals surface area contributed by atoms with Crippen molar-refractivity contribution in [2.75, 3.05) is 13.2 Å². The Labute approximate surface area is 161 Å². The average molecular weight is 398 g/mol. The van der Waals surface area contributed by atoms with E-state index in [2.05, 4.69) is 0 Å². The van der Waals surface area contributed by atoms with E-state index in [1.807, 2.05) is 13.8 Å². The molecule has 1 heterocycles. The van der Waals surface area contributed by atoms with Crippen molar-refractivity contribution in [2.45, 2.75) is 33.3 Å². The van der Waals surface area contributed by atoms with Gasteiger partial charge in [0.25, 0.3) is 11.1 Å². The lowest BCUT2D eigenvalue weighted by atomic mass is 10.2. The molecular weight excluding hydrogens is 378 g/mol. The summed E-state index contributed by atoms with van der Waals surface area (Å²) in [6.07, 6.45) is 2.46. The minimum absolute atomic E-state index is 0.0396. The topological polar surface area (TPSA) is 72.9 Å². The molecule has 1 aromatic rings. The van der Waals surface area contributed by atoms with Gasteiger partial charge in [-0.3, -0.25) is 19.3 Å². The van der Waals surface area contributed by atoms with Crippen molar-refractivity contribution in [3.8, 4) is 5.75 Å². The zero-order chi connectivity index (χ0) is 19.3. The van der Waals surface area contributed by atoms with Gasteiger partial charge in [0.2, 0.25) is 0 Å². The number of carbonyl (C=O) groups excluding carboxylic acids is 3. The minimum Gasteiger partial charge on any atom is -0.489 e. The molecule has 0 saturated carbocycles. The molecule has 0 bridgehead atoms. The predicted molar refractivity (Wildman–Crippen MR) is 101 cm³/mol. The Hall–Kier alpha value is -1.99. The second-order valence-corrected chi connectivity index (χ2v) is 7.00. The molecule has 0 spiro atoms. The molecule has 0 unspecified atom stereocenters. The number of benzene rings is 1. The molecule has 6 nitrogen and oxygen atoms in total.